The van der Waals surface area contributed by atoms with E-state index in [-0.39, 0.29) is 10.5 Å². The Kier molecular flexibility index (Phi) is 2.35. The lowest BCUT2D eigenvalue weighted by Crippen LogP contribution is -1.97. The monoisotopic (exact) mass is 172 g/mol. The first-order chi connectivity index (χ1) is 4.72. The molecule has 1 nitrogen and oxygen atoms in total. The smallest absolute Gasteiger partial charge is 0.210 e. The van der Waals surface area contributed by atoms with Gasteiger partial charge in [-0.15, -0.1) is 12.6 Å². The Morgan fingerprint density at radius 2 is 1.90 bits per heavy atom. The zero-order valence-corrected chi connectivity index (χ0v) is 6.69. The van der Waals surface area contributed by atoms with Crippen LogP contribution >= 0.6 is 24.2 Å². The van der Waals surface area contributed by atoms with Crippen molar-refractivity contribution in [3.05, 3.63) is 39.5 Å². The van der Waals surface area contributed by atoms with Gasteiger partial charge in [-0.3, -0.25) is 4.79 Å². The first-order valence-corrected chi connectivity index (χ1v) is 3.52. The average Bonchev–Trinajstić information content (AvgIpc) is 2.04. The van der Waals surface area contributed by atoms with Crippen molar-refractivity contribution in [2.75, 3.05) is 0 Å². The van der Waals surface area contributed by atoms with Crippen LogP contribution in [0.1, 0.15) is 0 Å². The number of hydrogen-bond donors (Lipinski definition) is 1. The standard InChI is InChI=1S/C7H5ClOS/c8-5-3-1-2-4-6(10)7(5)9/h1-4H,(H,9,10). The maximum atomic E-state index is 11.0. The molecular weight excluding hydrogens is 168 g/mol. The summed E-state index contributed by atoms with van der Waals surface area (Å²) in [5.74, 6) is 0. The van der Waals surface area contributed by atoms with E-state index in [1.54, 1.807) is 24.3 Å². The van der Waals surface area contributed by atoms with Gasteiger partial charge in [-0.1, -0.05) is 23.7 Å². The van der Waals surface area contributed by atoms with Crippen LogP contribution in [-0.2, 0) is 0 Å². The summed E-state index contributed by atoms with van der Waals surface area (Å²) in [6.45, 7) is 0. The molecule has 0 aliphatic carbocycles. The molecule has 1 rings (SSSR count). The van der Waals surface area contributed by atoms with E-state index in [0.717, 1.165) is 0 Å². The fraction of sp³-hybridized carbons (Fsp3) is 0. The fourth-order valence-corrected chi connectivity index (χ4v) is 1.01. The summed E-state index contributed by atoms with van der Waals surface area (Å²) in [5.41, 5.74) is -0.227. The quantitative estimate of drug-likeness (QED) is 0.593. The molecule has 1 aromatic rings. The van der Waals surface area contributed by atoms with E-state index in [2.05, 4.69) is 12.6 Å². The normalized spacial score (nSPS) is 9.40. The zero-order chi connectivity index (χ0) is 7.56. The highest BCUT2D eigenvalue weighted by Gasteiger charge is 1.93. The first kappa shape index (κ1) is 7.63. The molecule has 0 saturated heterocycles. The molecule has 0 spiro atoms. The van der Waals surface area contributed by atoms with Crippen LogP contribution in [-0.4, -0.2) is 0 Å². The summed E-state index contributed by atoms with van der Waals surface area (Å²) in [5, 5.41) is 0.204. The van der Waals surface area contributed by atoms with E-state index in [4.69, 9.17) is 11.6 Å². The Morgan fingerprint density at radius 1 is 1.30 bits per heavy atom. The molecule has 1 aromatic carbocycles. The minimum atomic E-state index is -0.227. The third kappa shape index (κ3) is 1.52. The second kappa shape index (κ2) is 3.08. The van der Waals surface area contributed by atoms with Gasteiger partial charge in [-0.05, 0) is 12.1 Å². The number of halogens is 1. The van der Waals surface area contributed by atoms with E-state index in [1.807, 2.05) is 0 Å². The van der Waals surface area contributed by atoms with Gasteiger partial charge in [0.05, 0.1) is 9.92 Å². The Morgan fingerprint density at radius 3 is 2.60 bits per heavy atom. The molecule has 0 unspecified atom stereocenters. The van der Waals surface area contributed by atoms with Crippen molar-refractivity contribution in [3.8, 4) is 0 Å². The molecule has 0 radical (unpaired) electrons. The van der Waals surface area contributed by atoms with Crippen molar-refractivity contribution >= 4 is 24.2 Å². The second-order valence-corrected chi connectivity index (χ2v) is 2.67. The molecule has 0 bridgehead atoms. The van der Waals surface area contributed by atoms with Gasteiger partial charge in [0.1, 0.15) is 0 Å². The Bertz CT molecular complexity index is 270. The van der Waals surface area contributed by atoms with Crippen LogP contribution < -0.4 is 5.43 Å². The molecule has 0 aromatic heterocycles. The van der Waals surface area contributed by atoms with Crippen LogP contribution in [0.25, 0.3) is 0 Å². The van der Waals surface area contributed by atoms with Crippen molar-refractivity contribution < 1.29 is 0 Å². The fourth-order valence-electron chi connectivity index (χ4n) is 0.560. The van der Waals surface area contributed by atoms with Gasteiger partial charge in [-0.25, -0.2) is 0 Å². The Hall–Kier alpha value is -0.470. The number of hydrogen-bond acceptors (Lipinski definition) is 2. The third-order valence-corrected chi connectivity index (χ3v) is 1.71. The Balaban J connectivity index is 3.53. The minimum Gasteiger partial charge on any atom is -0.287 e. The van der Waals surface area contributed by atoms with E-state index in [0.29, 0.717) is 4.90 Å². The highest BCUT2D eigenvalue weighted by molar-refractivity contribution is 7.80. The van der Waals surface area contributed by atoms with Gasteiger partial charge in [0.15, 0.2) is 0 Å². The topological polar surface area (TPSA) is 17.1 Å². The van der Waals surface area contributed by atoms with Gasteiger partial charge < -0.3 is 0 Å². The molecule has 0 atom stereocenters. The molecule has 0 aliphatic rings. The lowest BCUT2D eigenvalue weighted by Gasteiger charge is -1.78. The molecule has 0 N–H and O–H groups in total. The summed E-state index contributed by atoms with van der Waals surface area (Å²) in [4.78, 5) is 11.3. The predicted octanol–water partition coefficient (Wildman–Crippen LogP) is 1.99. The third-order valence-electron chi connectivity index (χ3n) is 1.06. The summed E-state index contributed by atoms with van der Waals surface area (Å²) < 4.78 is 0. The van der Waals surface area contributed by atoms with Crippen LogP contribution in [0, 0.1) is 0 Å². The Labute approximate surface area is 69.1 Å². The minimum absolute atomic E-state index is 0.204. The predicted molar refractivity (Wildman–Crippen MR) is 45.0 cm³/mol. The van der Waals surface area contributed by atoms with E-state index >= 15 is 0 Å². The number of thiol groups is 1. The maximum absolute atomic E-state index is 11.0. The SMILES string of the molecule is O=c1c(S)ccccc1Cl. The summed E-state index contributed by atoms with van der Waals surface area (Å²) in [6.07, 6.45) is 0. The van der Waals surface area contributed by atoms with E-state index < -0.39 is 0 Å². The van der Waals surface area contributed by atoms with Crippen LogP contribution in [0.2, 0.25) is 5.02 Å². The highest BCUT2D eigenvalue weighted by atomic mass is 35.5. The van der Waals surface area contributed by atoms with Crippen LogP contribution in [0.4, 0.5) is 0 Å². The lowest BCUT2D eigenvalue weighted by atomic mass is 10.5. The molecule has 0 saturated carbocycles. The van der Waals surface area contributed by atoms with Gasteiger partial charge in [0, 0.05) is 0 Å². The highest BCUT2D eigenvalue weighted by Crippen LogP contribution is 2.03. The maximum Gasteiger partial charge on any atom is 0.210 e. The first-order valence-electron chi connectivity index (χ1n) is 2.69. The molecular formula is C7H5ClOS. The summed E-state index contributed by atoms with van der Waals surface area (Å²) in [7, 11) is 0. The van der Waals surface area contributed by atoms with E-state index in [1.165, 1.54) is 0 Å². The lowest BCUT2D eigenvalue weighted by molar-refractivity contribution is 1.42. The van der Waals surface area contributed by atoms with Crippen LogP contribution in [0.3, 0.4) is 0 Å². The largest absolute Gasteiger partial charge is 0.287 e. The van der Waals surface area contributed by atoms with Gasteiger partial charge in [-0.2, -0.15) is 0 Å². The molecule has 0 fully saturated rings. The van der Waals surface area contributed by atoms with Crippen molar-refractivity contribution in [2.45, 2.75) is 4.90 Å². The van der Waals surface area contributed by atoms with Crippen molar-refractivity contribution in [1.29, 1.82) is 0 Å². The summed E-state index contributed by atoms with van der Waals surface area (Å²) >= 11 is 9.46. The molecule has 3 heteroatoms. The van der Waals surface area contributed by atoms with Gasteiger partial charge in [0.25, 0.3) is 0 Å². The van der Waals surface area contributed by atoms with Crippen molar-refractivity contribution in [2.24, 2.45) is 0 Å². The summed E-state index contributed by atoms with van der Waals surface area (Å²) in [6, 6.07) is 6.57. The van der Waals surface area contributed by atoms with Gasteiger partial charge >= 0.3 is 0 Å². The number of rotatable bonds is 0. The van der Waals surface area contributed by atoms with Gasteiger partial charge in [0.2, 0.25) is 5.43 Å². The molecule has 10 heavy (non-hydrogen) atoms. The van der Waals surface area contributed by atoms with Crippen LogP contribution in [0.15, 0.2) is 34.0 Å². The van der Waals surface area contributed by atoms with Crippen LogP contribution in [0.5, 0.6) is 0 Å². The second-order valence-electron chi connectivity index (χ2n) is 1.78. The van der Waals surface area contributed by atoms with Crippen molar-refractivity contribution in [3.63, 3.8) is 0 Å². The molecule has 0 amide bonds. The van der Waals surface area contributed by atoms with Crippen molar-refractivity contribution in [1.82, 2.24) is 0 Å². The van der Waals surface area contributed by atoms with E-state index in [9.17, 15) is 4.79 Å². The molecule has 0 aliphatic heterocycles. The average molecular weight is 173 g/mol. The molecule has 0 heterocycles. The zero-order valence-electron chi connectivity index (χ0n) is 5.04. The molecule has 52 valence electrons.